The van der Waals surface area contributed by atoms with Crippen LogP contribution in [0.5, 0.6) is 0 Å². The highest BCUT2D eigenvalue weighted by molar-refractivity contribution is 6.36. The lowest BCUT2D eigenvalue weighted by Crippen LogP contribution is -2.44. The summed E-state index contributed by atoms with van der Waals surface area (Å²) in [7, 11) is 0. The second-order valence-electron chi connectivity index (χ2n) is 5.33. The molecule has 0 aliphatic carbocycles. The number of nitrogens with one attached hydrogen (secondary N) is 2. The maximum atomic E-state index is 12.1. The normalized spacial score (nSPS) is 11.3. The van der Waals surface area contributed by atoms with Crippen molar-refractivity contribution in [3.8, 4) is 0 Å². The van der Waals surface area contributed by atoms with Gasteiger partial charge in [-0.2, -0.15) is 0 Å². The summed E-state index contributed by atoms with van der Waals surface area (Å²) in [4.78, 5) is 35.8. The summed E-state index contributed by atoms with van der Waals surface area (Å²) in [5.74, 6) is -1.55. The molecule has 0 radical (unpaired) electrons. The largest absolute Gasteiger partial charge is 0.449 e. The predicted molar refractivity (Wildman–Crippen MR) is 98.2 cm³/mol. The Kier molecular flexibility index (Phi) is 7.00. The standard InChI is InChI=1S/C18H16Cl2N2O4/c1-11(26-17(24)14-8-7-13(19)9-15(14)20)16(23)22-18(25)21-10-12-5-3-2-4-6-12/h2-9,11H,10H2,1H3,(H2,21,22,23,25). The molecule has 1 unspecified atom stereocenters. The van der Waals surface area contributed by atoms with Crippen LogP contribution in [0.4, 0.5) is 4.79 Å². The SMILES string of the molecule is CC(OC(=O)c1ccc(Cl)cc1Cl)C(=O)NC(=O)NCc1ccccc1. The van der Waals surface area contributed by atoms with Crippen LogP contribution in [0.15, 0.2) is 48.5 Å². The topological polar surface area (TPSA) is 84.5 Å². The molecule has 0 fully saturated rings. The van der Waals surface area contributed by atoms with Crippen LogP contribution in [0.1, 0.15) is 22.8 Å². The minimum absolute atomic E-state index is 0.0734. The molecule has 0 aromatic heterocycles. The monoisotopic (exact) mass is 394 g/mol. The summed E-state index contributed by atoms with van der Waals surface area (Å²) >= 11 is 11.7. The van der Waals surface area contributed by atoms with E-state index in [2.05, 4.69) is 10.6 Å². The lowest BCUT2D eigenvalue weighted by molar-refractivity contribution is -0.127. The fourth-order valence-electron chi connectivity index (χ4n) is 1.97. The molecule has 0 aliphatic heterocycles. The Hall–Kier alpha value is -2.57. The molecule has 1 atom stereocenters. The van der Waals surface area contributed by atoms with Gasteiger partial charge < -0.3 is 10.1 Å². The van der Waals surface area contributed by atoms with Gasteiger partial charge in [0.15, 0.2) is 6.10 Å². The van der Waals surface area contributed by atoms with Crippen molar-refractivity contribution >= 4 is 41.1 Å². The number of carbonyl (C=O) groups is 3. The molecule has 2 aromatic carbocycles. The predicted octanol–water partition coefficient (Wildman–Crippen LogP) is 3.56. The summed E-state index contributed by atoms with van der Waals surface area (Å²) in [6.45, 7) is 1.61. The highest BCUT2D eigenvalue weighted by Crippen LogP contribution is 2.22. The van der Waals surface area contributed by atoms with E-state index >= 15 is 0 Å². The van der Waals surface area contributed by atoms with Gasteiger partial charge in [0.05, 0.1) is 10.6 Å². The highest BCUT2D eigenvalue weighted by atomic mass is 35.5. The molecule has 8 heteroatoms. The van der Waals surface area contributed by atoms with Gasteiger partial charge in [0.1, 0.15) is 0 Å². The zero-order valence-electron chi connectivity index (χ0n) is 13.8. The minimum Gasteiger partial charge on any atom is -0.449 e. The fourth-order valence-corrected chi connectivity index (χ4v) is 2.45. The van der Waals surface area contributed by atoms with E-state index in [9.17, 15) is 14.4 Å². The van der Waals surface area contributed by atoms with Crippen LogP contribution in [0.3, 0.4) is 0 Å². The van der Waals surface area contributed by atoms with Crippen molar-refractivity contribution in [1.29, 1.82) is 0 Å². The molecule has 0 bridgehead atoms. The van der Waals surface area contributed by atoms with Gasteiger partial charge in [0, 0.05) is 11.6 Å². The van der Waals surface area contributed by atoms with Crippen molar-refractivity contribution in [3.05, 3.63) is 69.7 Å². The number of hydrogen-bond acceptors (Lipinski definition) is 4. The smallest absolute Gasteiger partial charge is 0.340 e. The van der Waals surface area contributed by atoms with Crippen molar-refractivity contribution in [2.45, 2.75) is 19.6 Å². The zero-order valence-corrected chi connectivity index (χ0v) is 15.3. The van der Waals surface area contributed by atoms with Crippen molar-refractivity contribution in [2.75, 3.05) is 0 Å². The molecule has 2 N–H and O–H groups in total. The molecule has 3 amide bonds. The first-order chi connectivity index (χ1) is 12.4. The lowest BCUT2D eigenvalue weighted by Gasteiger charge is -2.14. The molecule has 136 valence electrons. The molecule has 6 nitrogen and oxygen atoms in total. The van der Waals surface area contributed by atoms with E-state index in [0.29, 0.717) is 5.02 Å². The zero-order chi connectivity index (χ0) is 19.1. The molecule has 2 aromatic rings. The number of ether oxygens (including phenoxy) is 1. The number of esters is 1. The maximum absolute atomic E-state index is 12.1. The third-order valence-electron chi connectivity index (χ3n) is 3.34. The first-order valence-corrected chi connectivity index (χ1v) is 8.41. The summed E-state index contributed by atoms with van der Waals surface area (Å²) in [5.41, 5.74) is 0.955. The van der Waals surface area contributed by atoms with Crippen molar-refractivity contribution in [1.82, 2.24) is 10.6 Å². The first-order valence-electron chi connectivity index (χ1n) is 7.65. The van der Waals surface area contributed by atoms with Gasteiger partial charge in [-0.1, -0.05) is 53.5 Å². The van der Waals surface area contributed by atoms with Crippen LogP contribution in [0, 0.1) is 0 Å². The Morgan fingerprint density at radius 2 is 1.77 bits per heavy atom. The van der Waals surface area contributed by atoms with Crippen LogP contribution in [0.2, 0.25) is 10.0 Å². The average molecular weight is 395 g/mol. The van der Waals surface area contributed by atoms with Crippen LogP contribution in [-0.2, 0) is 16.1 Å². The molecule has 2 rings (SSSR count). The Morgan fingerprint density at radius 3 is 2.42 bits per heavy atom. The Balaban J connectivity index is 1.84. The molecule has 0 spiro atoms. The molecular weight excluding hydrogens is 379 g/mol. The minimum atomic E-state index is -1.18. The Labute approximate surface area is 160 Å². The highest BCUT2D eigenvalue weighted by Gasteiger charge is 2.22. The molecule has 0 saturated heterocycles. The average Bonchev–Trinajstić information content (AvgIpc) is 2.60. The molecular formula is C18H16Cl2N2O4. The fraction of sp³-hybridized carbons (Fsp3) is 0.167. The number of hydrogen-bond donors (Lipinski definition) is 2. The van der Waals surface area contributed by atoms with Gasteiger partial charge in [0.2, 0.25) is 0 Å². The maximum Gasteiger partial charge on any atom is 0.340 e. The number of halogens is 2. The number of imide groups is 1. The second kappa shape index (κ2) is 9.22. The Bertz CT molecular complexity index is 812. The number of rotatable bonds is 5. The molecule has 0 heterocycles. The van der Waals surface area contributed by atoms with Crippen molar-refractivity contribution in [3.63, 3.8) is 0 Å². The van der Waals surface area contributed by atoms with Gasteiger partial charge in [0.25, 0.3) is 5.91 Å². The van der Waals surface area contributed by atoms with Gasteiger partial charge >= 0.3 is 12.0 Å². The van der Waals surface area contributed by atoms with Crippen LogP contribution >= 0.6 is 23.2 Å². The Morgan fingerprint density at radius 1 is 1.08 bits per heavy atom. The quantitative estimate of drug-likeness (QED) is 0.759. The van der Waals surface area contributed by atoms with Gasteiger partial charge in [-0.15, -0.1) is 0 Å². The first kappa shape index (κ1) is 19.8. The molecule has 0 aliphatic rings. The molecule has 0 saturated carbocycles. The number of amides is 3. The van der Waals surface area contributed by atoms with Gasteiger partial charge in [-0.3, -0.25) is 10.1 Å². The number of carbonyl (C=O) groups excluding carboxylic acids is 3. The van der Waals surface area contributed by atoms with Crippen LogP contribution < -0.4 is 10.6 Å². The summed E-state index contributed by atoms with van der Waals surface area (Å²) in [5, 5.41) is 5.12. The number of urea groups is 1. The van der Waals surface area contributed by atoms with E-state index < -0.39 is 24.0 Å². The number of benzene rings is 2. The van der Waals surface area contributed by atoms with E-state index in [1.165, 1.54) is 25.1 Å². The third kappa shape index (κ3) is 5.75. The van der Waals surface area contributed by atoms with E-state index in [1.807, 2.05) is 30.3 Å². The van der Waals surface area contributed by atoms with Crippen molar-refractivity contribution < 1.29 is 19.1 Å². The summed E-state index contributed by atoms with van der Waals surface area (Å²) < 4.78 is 5.02. The van der Waals surface area contributed by atoms with Crippen LogP contribution in [-0.4, -0.2) is 24.0 Å². The summed E-state index contributed by atoms with van der Waals surface area (Å²) in [6, 6.07) is 12.8. The van der Waals surface area contributed by atoms with Crippen LogP contribution in [0.25, 0.3) is 0 Å². The second-order valence-corrected chi connectivity index (χ2v) is 6.17. The van der Waals surface area contributed by atoms with Crippen molar-refractivity contribution in [2.24, 2.45) is 0 Å². The third-order valence-corrected chi connectivity index (χ3v) is 3.88. The lowest BCUT2D eigenvalue weighted by atomic mass is 10.2. The van der Waals surface area contributed by atoms with E-state index in [-0.39, 0.29) is 17.1 Å². The van der Waals surface area contributed by atoms with E-state index in [4.69, 9.17) is 27.9 Å². The van der Waals surface area contributed by atoms with E-state index in [0.717, 1.165) is 5.56 Å². The van der Waals surface area contributed by atoms with Gasteiger partial charge in [-0.25, -0.2) is 9.59 Å². The molecule has 26 heavy (non-hydrogen) atoms. The van der Waals surface area contributed by atoms with E-state index in [1.54, 1.807) is 0 Å². The summed E-state index contributed by atoms with van der Waals surface area (Å²) in [6.07, 6.45) is -1.18. The van der Waals surface area contributed by atoms with Gasteiger partial charge in [-0.05, 0) is 30.7 Å².